The molecule has 0 saturated carbocycles. The lowest BCUT2D eigenvalue weighted by atomic mass is 10.2. The largest absolute Gasteiger partial charge is 0.509 e. The van der Waals surface area contributed by atoms with Gasteiger partial charge in [-0.3, -0.25) is 5.41 Å². The molecule has 4 rings (SSSR count). The summed E-state index contributed by atoms with van der Waals surface area (Å²) in [7, 11) is 0. The van der Waals surface area contributed by atoms with Crippen LogP contribution in [-0.4, -0.2) is 27.5 Å². The van der Waals surface area contributed by atoms with Gasteiger partial charge in [-0.1, -0.05) is 17.7 Å². The molecule has 1 aromatic heterocycles. The maximum Gasteiger partial charge on any atom is 0.145 e. The van der Waals surface area contributed by atoms with Gasteiger partial charge in [-0.05, 0) is 48.9 Å². The highest BCUT2D eigenvalue weighted by molar-refractivity contribution is 6.31. The van der Waals surface area contributed by atoms with Gasteiger partial charge in [0.2, 0.25) is 0 Å². The van der Waals surface area contributed by atoms with Crippen molar-refractivity contribution in [2.45, 2.75) is 6.92 Å². The highest BCUT2D eigenvalue weighted by Gasteiger charge is 2.31. The van der Waals surface area contributed by atoms with Crippen molar-refractivity contribution in [1.29, 1.82) is 5.41 Å². The van der Waals surface area contributed by atoms with Crippen LogP contribution in [0, 0.1) is 12.3 Å². The van der Waals surface area contributed by atoms with E-state index >= 15 is 0 Å². The van der Waals surface area contributed by atoms with Crippen molar-refractivity contribution < 1.29 is 5.11 Å². The number of nitrogens with zero attached hydrogens (tertiary/aromatic N) is 2. The van der Waals surface area contributed by atoms with Crippen molar-refractivity contribution in [2.75, 3.05) is 11.4 Å². The van der Waals surface area contributed by atoms with Crippen LogP contribution in [0.15, 0.2) is 48.2 Å². The van der Waals surface area contributed by atoms with Gasteiger partial charge in [0.05, 0.1) is 23.2 Å². The average molecular weight is 339 g/mol. The molecule has 1 aliphatic heterocycles. The van der Waals surface area contributed by atoms with E-state index in [2.05, 4.69) is 9.97 Å². The number of H-pyrrole nitrogens is 1. The molecule has 0 bridgehead atoms. The number of imidazole rings is 1. The molecule has 1 aliphatic rings. The summed E-state index contributed by atoms with van der Waals surface area (Å²) >= 11 is 5.92. The van der Waals surface area contributed by atoms with Crippen LogP contribution in [0.5, 0.6) is 0 Å². The number of hydrogen-bond donors (Lipinski definition) is 3. The van der Waals surface area contributed by atoms with Gasteiger partial charge in [0.15, 0.2) is 0 Å². The van der Waals surface area contributed by atoms with Crippen LogP contribution < -0.4 is 4.90 Å². The predicted molar refractivity (Wildman–Crippen MR) is 96.9 cm³/mol. The molecule has 3 N–H and O–H groups in total. The molecule has 0 radical (unpaired) electrons. The van der Waals surface area contributed by atoms with E-state index in [1.54, 1.807) is 17.0 Å². The normalized spacial score (nSPS) is 14.9. The van der Waals surface area contributed by atoms with E-state index in [1.165, 1.54) is 0 Å². The zero-order valence-electron chi connectivity index (χ0n) is 13.0. The van der Waals surface area contributed by atoms with E-state index in [0.29, 0.717) is 16.4 Å². The summed E-state index contributed by atoms with van der Waals surface area (Å²) < 4.78 is 0. The summed E-state index contributed by atoms with van der Waals surface area (Å²) in [6.07, 6.45) is 0. The van der Waals surface area contributed by atoms with Crippen LogP contribution in [0.25, 0.3) is 16.6 Å². The van der Waals surface area contributed by atoms with Gasteiger partial charge in [-0.15, -0.1) is 0 Å². The number of aromatic nitrogens is 2. The van der Waals surface area contributed by atoms with Crippen molar-refractivity contribution in [3.63, 3.8) is 0 Å². The fourth-order valence-electron chi connectivity index (χ4n) is 2.91. The summed E-state index contributed by atoms with van der Waals surface area (Å²) in [5.74, 6) is 0.853. The monoisotopic (exact) mass is 338 g/mol. The molecule has 0 amide bonds. The zero-order chi connectivity index (χ0) is 16.8. The maximum atomic E-state index is 10.4. The number of fused-ring (bicyclic) bond motifs is 1. The zero-order valence-corrected chi connectivity index (χ0v) is 13.7. The standard InChI is InChI=1S/C18H15ClN4O/c1-10-2-7-13-14(8-10)22-18(21-13)16-15(24)9-23(17(16)20)12-5-3-11(19)4-6-12/h2-8,20,24H,9H2,1H3,(H,21,22). The Balaban J connectivity index is 1.73. The van der Waals surface area contributed by atoms with Gasteiger partial charge in [0.25, 0.3) is 0 Å². The molecular formula is C18H15ClN4O. The van der Waals surface area contributed by atoms with E-state index in [9.17, 15) is 5.11 Å². The number of aryl methyl sites for hydroxylation is 1. The van der Waals surface area contributed by atoms with E-state index in [4.69, 9.17) is 17.0 Å². The van der Waals surface area contributed by atoms with Crippen LogP contribution in [0.2, 0.25) is 5.02 Å². The summed E-state index contributed by atoms with van der Waals surface area (Å²) in [6.45, 7) is 2.25. The third-order valence-electron chi connectivity index (χ3n) is 4.12. The lowest BCUT2D eigenvalue weighted by molar-refractivity contribution is 0.411. The SMILES string of the molecule is Cc1ccc2nc(C3=C(O)CN(c4ccc(Cl)cc4)C3=N)[nH]c2c1. The molecule has 2 heterocycles. The second-order valence-electron chi connectivity index (χ2n) is 5.84. The molecule has 0 atom stereocenters. The first-order valence-electron chi connectivity index (χ1n) is 7.54. The van der Waals surface area contributed by atoms with Crippen LogP contribution in [0.3, 0.4) is 0 Å². The fourth-order valence-corrected chi connectivity index (χ4v) is 3.04. The Bertz CT molecular complexity index is 988. The van der Waals surface area contributed by atoms with Crippen molar-refractivity contribution in [2.24, 2.45) is 0 Å². The number of aliphatic hydroxyl groups is 1. The first-order chi connectivity index (χ1) is 11.5. The summed E-state index contributed by atoms with van der Waals surface area (Å²) in [5, 5.41) is 19.5. The minimum Gasteiger partial charge on any atom is -0.509 e. The molecule has 120 valence electrons. The van der Waals surface area contributed by atoms with Crippen LogP contribution in [-0.2, 0) is 0 Å². The lowest BCUT2D eigenvalue weighted by Crippen LogP contribution is -2.26. The first-order valence-corrected chi connectivity index (χ1v) is 7.91. The summed E-state index contributed by atoms with van der Waals surface area (Å²) in [4.78, 5) is 9.44. The van der Waals surface area contributed by atoms with Crippen molar-refractivity contribution in [1.82, 2.24) is 9.97 Å². The van der Waals surface area contributed by atoms with Crippen LogP contribution in [0.1, 0.15) is 11.4 Å². The summed E-state index contributed by atoms with van der Waals surface area (Å²) in [6, 6.07) is 13.1. The van der Waals surface area contributed by atoms with Crippen molar-refractivity contribution in [3.05, 3.63) is 64.6 Å². The molecule has 0 fully saturated rings. The Labute approximate surface area is 143 Å². The molecular weight excluding hydrogens is 324 g/mol. The van der Waals surface area contributed by atoms with Gasteiger partial charge in [-0.2, -0.15) is 0 Å². The highest BCUT2D eigenvalue weighted by Crippen LogP contribution is 2.31. The number of amidine groups is 1. The fraction of sp³-hybridized carbons (Fsp3) is 0.111. The number of benzene rings is 2. The Morgan fingerprint density at radius 2 is 1.96 bits per heavy atom. The molecule has 24 heavy (non-hydrogen) atoms. The number of halogens is 1. The second kappa shape index (κ2) is 5.39. The van der Waals surface area contributed by atoms with E-state index in [0.717, 1.165) is 22.3 Å². The molecule has 0 aliphatic carbocycles. The van der Waals surface area contributed by atoms with Gasteiger partial charge in [0.1, 0.15) is 17.4 Å². The highest BCUT2D eigenvalue weighted by atomic mass is 35.5. The number of aliphatic hydroxyl groups excluding tert-OH is 1. The molecule has 3 aromatic rings. The third-order valence-corrected chi connectivity index (χ3v) is 4.37. The lowest BCUT2D eigenvalue weighted by Gasteiger charge is -2.18. The Kier molecular flexibility index (Phi) is 3.32. The van der Waals surface area contributed by atoms with Gasteiger partial charge >= 0.3 is 0 Å². The average Bonchev–Trinajstić information content (AvgIpc) is 3.08. The molecule has 2 aromatic carbocycles. The first kappa shape index (κ1) is 14.8. The smallest absolute Gasteiger partial charge is 0.145 e. The maximum absolute atomic E-state index is 10.4. The third kappa shape index (κ3) is 2.34. The Hall–Kier alpha value is -2.79. The Morgan fingerprint density at radius 3 is 2.71 bits per heavy atom. The molecule has 6 heteroatoms. The van der Waals surface area contributed by atoms with E-state index in [1.807, 2.05) is 37.3 Å². The summed E-state index contributed by atoms with van der Waals surface area (Å²) in [5.41, 5.74) is 4.06. The number of aromatic amines is 1. The van der Waals surface area contributed by atoms with Crippen LogP contribution >= 0.6 is 11.6 Å². The van der Waals surface area contributed by atoms with E-state index < -0.39 is 0 Å². The number of hydrogen-bond acceptors (Lipinski definition) is 3. The minimum atomic E-state index is 0.130. The number of nitrogens with one attached hydrogen (secondary N) is 2. The molecule has 0 spiro atoms. The topological polar surface area (TPSA) is 76.0 Å². The quantitative estimate of drug-likeness (QED) is 0.652. The number of anilines is 1. The minimum absolute atomic E-state index is 0.130. The van der Waals surface area contributed by atoms with Gasteiger partial charge in [0, 0.05) is 10.7 Å². The van der Waals surface area contributed by atoms with Gasteiger partial charge < -0.3 is 15.0 Å². The van der Waals surface area contributed by atoms with Crippen LogP contribution in [0.4, 0.5) is 5.69 Å². The predicted octanol–water partition coefficient (Wildman–Crippen LogP) is 4.29. The molecule has 5 nitrogen and oxygen atoms in total. The van der Waals surface area contributed by atoms with Gasteiger partial charge in [-0.25, -0.2) is 4.98 Å². The van der Waals surface area contributed by atoms with E-state index in [-0.39, 0.29) is 18.1 Å². The molecule has 0 saturated heterocycles. The Morgan fingerprint density at radius 1 is 1.21 bits per heavy atom. The number of rotatable bonds is 2. The van der Waals surface area contributed by atoms with Crippen molar-refractivity contribution in [3.8, 4) is 0 Å². The second-order valence-corrected chi connectivity index (χ2v) is 6.28. The molecule has 0 unspecified atom stereocenters. The van der Waals surface area contributed by atoms with Crippen molar-refractivity contribution >= 4 is 39.7 Å².